The first kappa shape index (κ1) is 56.0. The van der Waals surface area contributed by atoms with Crippen LogP contribution in [0.25, 0.3) is 0 Å². The van der Waals surface area contributed by atoms with Gasteiger partial charge in [-0.15, -0.1) is 0 Å². The van der Waals surface area contributed by atoms with E-state index in [0.29, 0.717) is 35.6 Å². The average Bonchev–Trinajstić information content (AvgIpc) is 4.02. The molecule has 4 aromatic rings. The number of fused-ring (bicyclic) bond motifs is 1. The van der Waals surface area contributed by atoms with Crippen molar-refractivity contribution in [1.29, 1.82) is 0 Å². The van der Waals surface area contributed by atoms with E-state index in [9.17, 15) is 23.5 Å². The number of nitrogens with zero attached hydrogens (tertiary/aromatic N) is 5. The highest BCUT2D eigenvalue weighted by atomic mass is 19.1. The summed E-state index contributed by atoms with van der Waals surface area (Å²) in [6.07, 6.45) is 17.5. The number of piperidine rings is 2. The largest absolute Gasteiger partial charge is 0.483 e. The molecule has 4 aromatic carbocycles. The molecule has 13 heteroatoms. The van der Waals surface area contributed by atoms with Crippen molar-refractivity contribution in [3.63, 3.8) is 0 Å². The lowest BCUT2D eigenvalue weighted by molar-refractivity contribution is -0.145. The van der Waals surface area contributed by atoms with Crippen molar-refractivity contribution < 1.29 is 38.1 Å². The molecule has 4 saturated heterocycles. The molecule has 11 nitrogen and oxygen atoms in total. The van der Waals surface area contributed by atoms with Crippen LogP contribution in [0.15, 0.2) is 103 Å². The monoisotopic (exact) mass is 1030 g/mol. The Kier molecular flexibility index (Phi) is 21.1. The summed E-state index contributed by atoms with van der Waals surface area (Å²) in [4.78, 5) is 44.1. The van der Waals surface area contributed by atoms with Crippen LogP contribution in [-0.4, -0.2) is 144 Å². The van der Waals surface area contributed by atoms with Crippen molar-refractivity contribution in [3.05, 3.63) is 137 Å². The van der Waals surface area contributed by atoms with Crippen LogP contribution in [0.2, 0.25) is 0 Å². The molecule has 2 saturated carbocycles. The fraction of sp³-hybridized carbons (Fsp3) is 0.565. The molecule has 5 heterocycles. The maximum absolute atomic E-state index is 14.0. The first-order valence-corrected chi connectivity index (χ1v) is 28.3. The fourth-order valence-electron chi connectivity index (χ4n) is 13.2. The molecule has 5 aliphatic heterocycles. The summed E-state index contributed by atoms with van der Waals surface area (Å²) in [5, 5.41) is 16.6. The summed E-state index contributed by atoms with van der Waals surface area (Å²) in [5.74, 6) is 3.14. The number of carbonyl (C=O) groups excluding carboxylic acids is 1. The average molecular weight is 1030 g/mol. The van der Waals surface area contributed by atoms with Gasteiger partial charge in [0.1, 0.15) is 23.4 Å². The topological polar surface area (TPSA) is 117 Å². The zero-order valence-electron chi connectivity index (χ0n) is 44.4. The summed E-state index contributed by atoms with van der Waals surface area (Å²) in [6, 6.07) is 32.8. The number of ether oxygens (including phenoxy) is 1. The molecular weight excluding hydrogens is 949 g/mol. The van der Waals surface area contributed by atoms with E-state index in [1.165, 1.54) is 68.2 Å². The molecule has 0 bridgehead atoms. The zero-order chi connectivity index (χ0) is 52.5. The van der Waals surface area contributed by atoms with Gasteiger partial charge in [-0.3, -0.25) is 14.5 Å². The van der Waals surface area contributed by atoms with Crippen LogP contribution in [0.4, 0.5) is 13.6 Å². The summed E-state index contributed by atoms with van der Waals surface area (Å²) in [7, 11) is 2.13. The first-order chi connectivity index (χ1) is 36.5. The highest BCUT2D eigenvalue weighted by Crippen LogP contribution is 2.38. The molecule has 7 aliphatic rings. The smallest absolute Gasteiger partial charge is 0.415 e. The SMILES string of the molecule is CN1CCC(N2CCc3ccccc3OC2=O)CC1.Fc1ccc(C2CCN(C[C@H]3CN(CCC4CCC4)C[C@@H]3c3cccc(F)c3)CC2)cc1.O=C(O)[C@@H](C1CCCCC1)N1CC[C@@H](c2ccccc2)C1.O=CO. The molecule has 0 radical (unpaired) electrons. The molecule has 2 aliphatic carbocycles. The third-order valence-electron chi connectivity index (χ3n) is 17.7. The van der Waals surface area contributed by atoms with E-state index in [-0.39, 0.29) is 30.2 Å². The predicted octanol–water partition coefficient (Wildman–Crippen LogP) is 11.4. The number of carboxylic acids is 1. The van der Waals surface area contributed by atoms with Crippen LogP contribution in [0.1, 0.15) is 130 Å². The van der Waals surface area contributed by atoms with Gasteiger partial charge in [0.25, 0.3) is 6.47 Å². The van der Waals surface area contributed by atoms with E-state index in [4.69, 9.17) is 14.6 Å². The minimum absolute atomic E-state index is 0.116. The van der Waals surface area contributed by atoms with Gasteiger partial charge >= 0.3 is 12.1 Å². The Morgan fingerprint density at radius 1 is 0.680 bits per heavy atom. The summed E-state index contributed by atoms with van der Waals surface area (Å²) >= 11 is 0. The van der Waals surface area contributed by atoms with Gasteiger partial charge in [0.2, 0.25) is 0 Å². The Balaban J connectivity index is 0.000000152. The maximum Gasteiger partial charge on any atom is 0.415 e. The maximum atomic E-state index is 14.0. The molecule has 2 N–H and O–H groups in total. The third kappa shape index (κ3) is 15.9. The molecule has 6 fully saturated rings. The van der Waals surface area contributed by atoms with Crippen LogP contribution < -0.4 is 4.74 Å². The molecule has 75 heavy (non-hydrogen) atoms. The van der Waals surface area contributed by atoms with Crippen molar-refractivity contribution in [3.8, 4) is 5.75 Å². The Bertz CT molecular complexity index is 2370. The van der Waals surface area contributed by atoms with Crippen LogP contribution in [0, 0.1) is 29.4 Å². The molecule has 11 rings (SSSR count). The van der Waals surface area contributed by atoms with Gasteiger partial charge < -0.3 is 34.5 Å². The summed E-state index contributed by atoms with van der Waals surface area (Å²) < 4.78 is 32.8. The van der Waals surface area contributed by atoms with Crippen LogP contribution in [-0.2, 0) is 16.0 Å². The van der Waals surface area contributed by atoms with Crippen molar-refractivity contribution in [2.45, 2.75) is 126 Å². The van der Waals surface area contributed by atoms with E-state index in [1.54, 1.807) is 24.3 Å². The predicted molar refractivity (Wildman–Crippen MR) is 291 cm³/mol. The quantitative estimate of drug-likeness (QED) is 0.133. The molecule has 406 valence electrons. The number of halogens is 2. The van der Waals surface area contributed by atoms with Crippen molar-refractivity contribution in [1.82, 2.24) is 24.5 Å². The van der Waals surface area contributed by atoms with Crippen molar-refractivity contribution >= 4 is 18.5 Å². The second kappa shape index (κ2) is 28.2. The molecule has 0 unspecified atom stereocenters. The van der Waals surface area contributed by atoms with Gasteiger partial charge in [-0.1, -0.05) is 111 Å². The molecule has 4 atom stereocenters. The first-order valence-electron chi connectivity index (χ1n) is 28.3. The summed E-state index contributed by atoms with van der Waals surface area (Å²) in [6.45, 7) is 11.1. The molecule has 0 aromatic heterocycles. The number of likely N-dealkylation sites (tertiary alicyclic amines) is 4. The number of amides is 1. The van der Waals surface area contributed by atoms with Gasteiger partial charge in [-0.05, 0) is 186 Å². The van der Waals surface area contributed by atoms with E-state index in [0.717, 1.165) is 134 Å². The number of rotatable bonds is 12. The molecule has 0 spiro atoms. The van der Waals surface area contributed by atoms with Gasteiger partial charge in [0, 0.05) is 44.7 Å². The lowest BCUT2D eigenvalue weighted by Gasteiger charge is -2.35. The third-order valence-corrected chi connectivity index (χ3v) is 17.7. The lowest BCUT2D eigenvalue weighted by Crippen LogP contribution is -2.47. The second-order valence-corrected chi connectivity index (χ2v) is 22.5. The van der Waals surface area contributed by atoms with Crippen LogP contribution in [0.3, 0.4) is 0 Å². The van der Waals surface area contributed by atoms with Crippen molar-refractivity contribution in [2.75, 3.05) is 79.0 Å². The van der Waals surface area contributed by atoms with Gasteiger partial charge in [0.15, 0.2) is 0 Å². The van der Waals surface area contributed by atoms with Crippen molar-refractivity contribution in [2.24, 2.45) is 17.8 Å². The number of hydrogen-bond acceptors (Lipinski definition) is 8. The minimum atomic E-state index is -0.615. The van der Waals surface area contributed by atoms with Crippen LogP contribution >= 0.6 is 0 Å². The van der Waals surface area contributed by atoms with Gasteiger partial charge in [0.05, 0.1) is 0 Å². The number of aliphatic carboxylic acids is 1. The highest BCUT2D eigenvalue weighted by Gasteiger charge is 2.39. The second-order valence-electron chi connectivity index (χ2n) is 22.5. The van der Waals surface area contributed by atoms with Crippen LogP contribution in [0.5, 0.6) is 5.75 Å². The number of hydrogen-bond donors (Lipinski definition) is 2. The Hall–Kier alpha value is -5.21. The van der Waals surface area contributed by atoms with E-state index in [1.807, 2.05) is 53.4 Å². The van der Waals surface area contributed by atoms with Gasteiger partial charge in [-0.2, -0.15) is 0 Å². The van der Waals surface area contributed by atoms with E-state index in [2.05, 4.69) is 57.0 Å². The fourth-order valence-corrected chi connectivity index (χ4v) is 13.2. The standard InChI is InChI=1S/C28H36F2N2.C18H25NO2.C15H20N2O2.CH2O2/c29-26-9-7-22(8-10-26)23-12-15-31(16-13-23)18-25-19-32(14-11-21-3-1-4-21)20-28(25)24-5-2-6-27(30)17-24;20-18(21)17(15-9-5-2-6-10-15)19-12-11-16(13-19)14-7-3-1-4-8-14;1-16-9-7-13(8-10-16)17-11-6-12-4-2-3-5-14(12)19-15(17)18;2-1-3/h2,5-10,17,21,23,25,28H,1,3-4,11-16,18-20H2;1,3-4,7-8,15-17H,2,5-6,9-13H2,(H,20,21);2-5,13H,6-11H2,1H3;1H,(H,2,3)/t25-,28+;16-,17-;;/m01../s1. The Morgan fingerprint density at radius 3 is 2.03 bits per heavy atom. The zero-order valence-corrected chi connectivity index (χ0v) is 44.4. The lowest BCUT2D eigenvalue weighted by atomic mass is 9.83. The summed E-state index contributed by atoms with van der Waals surface area (Å²) in [5.41, 5.74) is 4.92. The number of para-hydroxylation sites is 1. The van der Waals surface area contributed by atoms with Gasteiger partial charge in [-0.25, -0.2) is 13.6 Å². The molecular formula is C62H83F2N5O6. The Labute approximate surface area is 445 Å². The molecule has 1 amide bonds. The van der Waals surface area contributed by atoms with E-state index < -0.39 is 5.97 Å². The Morgan fingerprint density at radius 2 is 1.35 bits per heavy atom. The highest BCUT2D eigenvalue weighted by molar-refractivity contribution is 5.74. The number of carbonyl (C=O) groups is 3. The van der Waals surface area contributed by atoms with E-state index >= 15 is 0 Å². The normalized spacial score (nSPS) is 23.9. The number of benzene rings is 4. The number of carboxylic acid groups (broad SMARTS) is 2. The minimum Gasteiger partial charge on any atom is -0.483 e.